The number of benzene rings is 1. The predicted molar refractivity (Wildman–Crippen MR) is 89.4 cm³/mol. The van der Waals surface area contributed by atoms with Crippen LogP contribution in [0.4, 0.5) is 4.79 Å². The van der Waals surface area contributed by atoms with Crippen LogP contribution < -0.4 is 0 Å². The number of H-pyrrole nitrogens is 1. The fourth-order valence-electron chi connectivity index (χ4n) is 2.86. The minimum atomic E-state index is -3.43. The molecule has 1 atom stereocenters. The molecule has 1 aliphatic heterocycles. The summed E-state index contributed by atoms with van der Waals surface area (Å²) < 4.78 is 32.0. The molecule has 1 saturated heterocycles. The minimum Gasteiger partial charge on any atom is -0.447 e. The molecule has 3 rings (SSSR count). The lowest BCUT2D eigenvalue weighted by atomic mass is 10.0. The van der Waals surface area contributed by atoms with Crippen LogP contribution >= 0.6 is 0 Å². The average Bonchev–Trinajstić information content (AvgIpc) is 3.05. The van der Waals surface area contributed by atoms with E-state index in [0.717, 1.165) is 28.3 Å². The van der Waals surface area contributed by atoms with Crippen LogP contribution in [-0.2, 0) is 31.9 Å². The van der Waals surface area contributed by atoms with Gasteiger partial charge in [0.25, 0.3) is 10.1 Å². The van der Waals surface area contributed by atoms with E-state index in [9.17, 15) is 13.2 Å². The van der Waals surface area contributed by atoms with Crippen molar-refractivity contribution >= 4 is 27.1 Å². The van der Waals surface area contributed by atoms with Crippen molar-refractivity contribution in [2.24, 2.45) is 0 Å². The molecule has 1 N–H and O–H groups in total. The summed E-state index contributed by atoms with van der Waals surface area (Å²) in [6.45, 7) is 0.513. The number of hydrogen-bond acceptors (Lipinski definition) is 5. The molecule has 1 aromatic heterocycles. The van der Waals surface area contributed by atoms with Crippen LogP contribution in [0.2, 0.25) is 0 Å². The molecule has 7 nitrogen and oxygen atoms in total. The van der Waals surface area contributed by atoms with Crippen LogP contribution in [0.25, 0.3) is 10.9 Å². The molecule has 0 aliphatic carbocycles. The number of cyclic esters (lactones) is 1. The van der Waals surface area contributed by atoms with E-state index in [1.165, 1.54) is 0 Å². The van der Waals surface area contributed by atoms with Crippen molar-refractivity contribution in [3.8, 4) is 0 Å². The van der Waals surface area contributed by atoms with Crippen LogP contribution in [0.3, 0.4) is 0 Å². The van der Waals surface area contributed by atoms with E-state index in [1.54, 1.807) is 11.9 Å². The lowest BCUT2D eigenvalue weighted by molar-refractivity contribution is 0.163. The Morgan fingerprint density at radius 2 is 2.21 bits per heavy atom. The molecule has 2 heterocycles. The zero-order valence-electron chi connectivity index (χ0n) is 13.6. The molecule has 0 unspecified atom stereocenters. The first-order valence-electron chi connectivity index (χ1n) is 7.66. The highest BCUT2D eigenvalue weighted by molar-refractivity contribution is 7.85. The summed E-state index contributed by atoms with van der Waals surface area (Å²) in [5.74, 6) is 0. The van der Waals surface area contributed by atoms with Crippen molar-refractivity contribution < 1.29 is 22.1 Å². The van der Waals surface area contributed by atoms with Gasteiger partial charge in [0.2, 0.25) is 0 Å². The van der Waals surface area contributed by atoms with E-state index in [2.05, 4.69) is 11.1 Å². The summed E-state index contributed by atoms with van der Waals surface area (Å²) in [7, 11) is -1.69. The van der Waals surface area contributed by atoms with Crippen molar-refractivity contribution in [1.29, 1.82) is 0 Å². The van der Waals surface area contributed by atoms with E-state index in [4.69, 9.17) is 8.92 Å². The van der Waals surface area contributed by atoms with Gasteiger partial charge in [0.05, 0.1) is 18.9 Å². The molecule has 24 heavy (non-hydrogen) atoms. The molecule has 1 aliphatic rings. The van der Waals surface area contributed by atoms with Crippen molar-refractivity contribution in [2.75, 3.05) is 26.5 Å². The van der Waals surface area contributed by atoms with Crippen molar-refractivity contribution in [3.63, 3.8) is 0 Å². The number of nitrogens with zero attached hydrogens (tertiary/aromatic N) is 1. The first-order chi connectivity index (χ1) is 11.3. The lowest BCUT2D eigenvalue weighted by Crippen LogP contribution is -2.31. The van der Waals surface area contributed by atoms with Gasteiger partial charge in [-0.2, -0.15) is 8.42 Å². The zero-order valence-corrected chi connectivity index (χ0v) is 14.4. The number of nitrogens with one attached hydrogen (secondary N) is 1. The van der Waals surface area contributed by atoms with Crippen LogP contribution in [0.5, 0.6) is 0 Å². The van der Waals surface area contributed by atoms with Gasteiger partial charge in [-0.1, -0.05) is 6.07 Å². The molecule has 1 amide bonds. The molecule has 1 aromatic carbocycles. The SMILES string of the molecule is CN1C(=O)OC[C@@H]1Cc1ccc2[nH]cc(CCOS(C)(=O)=O)c2c1. The van der Waals surface area contributed by atoms with Gasteiger partial charge in [-0.15, -0.1) is 0 Å². The van der Waals surface area contributed by atoms with Crippen LogP contribution in [-0.4, -0.2) is 57.0 Å². The number of aromatic amines is 1. The molecule has 0 saturated carbocycles. The fourth-order valence-corrected chi connectivity index (χ4v) is 3.25. The molecule has 1 fully saturated rings. The largest absolute Gasteiger partial charge is 0.447 e. The number of fused-ring (bicyclic) bond motifs is 1. The molecule has 0 spiro atoms. The Labute approximate surface area is 140 Å². The molecule has 130 valence electrons. The third-order valence-electron chi connectivity index (χ3n) is 4.21. The summed E-state index contributed by atoms with van der Waals surface area (Å²) >= 11 is 0. The summed E-state index contributed by atoms with van der Waals surface area (Å²) in [6.07, 6.45) is 3.83. The first-order valence-corrected chi connectivity index (χ1v) is 9.48. The van der Waals surface area contributed by atoms with Crippen molar-refractivity contribution in [3.05, 3.63) is 35.5 Å². The monoisotopic (exact) mass is 352 g/mol. The Morgan fingerprint density at radius 3 is 2.88 bits per heavy atom. The van der Waals surface area contributed by atoms with Gasteiger partial charge in [0.1, 0.15) is 6.61 Å². The summed E-state index contributed by atoms with van der Waals surface area (Å²) in [5, 5.41) is 1.04. The highest BCUT2D eigenvalue weighted by Gasteiger charge is 2.29. The Bertz CT molecular complexity index is 858. The Kier molecular flexibility index (Phi) is 4.51. The topological polar surface area (TPSA) is 88.7 Å². The minimum absolute atomic E-state index is 0.0332. The molecular weight excluding hydrogens is 332 g/mol. The first kappa shape index (κ1) is 16.8. The average molecular weight is 352 g/mol. The molecular formula is C16H20N2O5S. The maximum absolute atomic E-state index is 11.4. The Morgan fingerprint density at radius 1 is 1.42 bits per heavy atom. The number of amides is 1. The van der Waals surface area contributed by atoms with E-state index in [-0.39, 0.29) is 18.7 Å². The van der Waals surface area contributed by atoms with Gasteiger partial charge < -0.3 is 14.6 Å². The number of hydrogen-bond donors (Lipinski definition) is 1. The van der Waals surface area contributed by atoms with Gasteiger partial charge in [0.15, 0.2) is 0 Å². The molecule has 2 aromatic rings. The van der Waals surface area contributed by atoms with Gasteiger partial charge in [-0.3, -0.25) is 4.18 Å². The quantitative estimate of drug-likeness (QED) is 0.799. The van der Waals surface area contributed by atoms with Gasteiger partial charge in [-0.05, 0) is 36.1 Å². The number of rotatable bonds is 6. The summed E-state index contributed by atoms with van der Waals surface area (Å²) in [5.41, 5.74) is 3.09. The Balaban J connectivity index is 1.74. The van der Waals surface area contributed by atoms with Crippen molar-refractivity contribution in [1.82, 2.24) is 9.88 Å². The number of carbonyl (C=O) groups is 1. The second-order valence-electron chi connectivity index (χ2n) is 6.02. The van der Waals surface area contributed by atoms with Crippen LogP contribution in [0, 0.1) is 0 Å². The van der Waals surface area contributed by atoms with Gasteiger partial charge in [-0.25, -0.2) is 4.79 Å². The zero-order chi connectivity index (χ0) is 17.3. The van der Waals surface area contributed by atoms with Gasteiger partial charge in [0, 0.05) is 24.1 Å². The lowest BCUT2D eigenvalue weighted by Gasteiger charge is -2.16. The smallest absolute Gasteiger partial charge is 0.409 e. The predicted octanol–water partition coefficient (Wildman–Crippen LogP) is 1.68. The maximum atomic E-state index is 11.4. The number of ether oxygens (including phenoxy) is 1. The normalized spacial score (nSPS) is 18.3. The molecule has 0 bridgehead atoms. The van der Waals surface area contributed by atoms with Crippen molar-refractivity contribution in [2.45, 2.75) is 18.9 Å². The number of aromatic nitrogens is 1. The second-order valence-corrected chi connectivity index (χ2v) is 7.66. The molecule has 0 radical (unpaired) electrons. The summed E-state index contributed by atoms with van der Waals surface area (Å²) in [6, 6.07) is 6.11. The van der Waals surface area contributed by atoms with Gasteiger partial charge >= 0.3 is 6.09 Å². The number of likely N-dealkylation sites (N-methyl/N-ethyl adjacent to an activating group) is 1. The molecule has 8 heteroatoms. The Hall–Kier alpha value is -2.06. The summed E-state index contributed by atoms with van der Waals surface area (Å²) in [4.78, 5) is 16.2. The highest BCUT2D eigenvalue weighted by atomic mass is 32.2. The standard InChI is InChI=1S/C16H20N2O5S/c1-18-13(10-22-16(18)19)7-11-3-4-15-14(8-11)12(9-17-15)5-6-23-24(2,20)21/h3-4,8-9,13,17H,5-7,10H2,1-2H3/t13-/m0/s1. The highest BCUT2D eigenvalue weighted by Crippen LogP contribution is 2.23. The van der Waals surface area contributed by atoms with E-state index in [1.807, 2.05) is 18.3 Å². The van der Waals surface area contributed by atoms with E-state index in [0.29, 0.717) is 19.4 Å². The van der Waals surface area contributed by atoms with E-state index < -0.39 is 10.1 Å². The van der Waals surface area contributed by atoms with Crippen LogP contribution in [0.1, 0.15) is 11.1 Å². The third-order valence-corrected chi connectivity index (χ3v) is 4.80. The second kappa shape index (κ2) is 6.45. The van der Waals surface area contributed by atoms with E-state index >= 15 is 0 Å². The number of carbonyl (C=O) groups excluding carboxylic acids is 1. The van der Waals surface area contributed by atoms with Crippen LogP contribution in [0.15, 0.2) is 24.4 Å². The fraction of sp³-hybridized carbons (Fsp3) is 0.438. The third kappa shape index (κ3) is 3.70. The maximum Gasteiger partial charge on any atom is 0.409 e.